The zero-order valence-electron chi connectivity index (χ0n) is 31.6. The summed E-state index contributed by atoms with van der Waals surface area (Å²) in [5.74, 6) is -1.12. The van der Waals surface area contributed by atoms with E-state index in [0.717, 1.165) is 89.9 Å². The van der Waals surface area contributed by atoms with Crippen molar-refractivity contribution in [1.82, 2.24) is 0 Å². The summed E-state index contributed by atoms with van der Waals surface area (Å²) in [6, 6.07) is 0. The Morgan fingerprint density at radius 1 is 0.596 bits per heavy atom. The van der Waals surface area contributed by atoms with E-state index < -0.39 is 75.7 Å². The molecule has 0 radical (unpaired) electrons. The summed E-state index contributed by atoms with van der Waals surface area (Å²) in [6.45, 7) is 3.15. The Hall–Kier alpha value is -1.67. The minimum Gasteiger partial charge on any atom is -0.462 e. The number of carbonyl (C=O) groups excluding carboxylic acids is 2. The maximum atomic E-state index is 12.7. The van der Waals surface area contributed by atoms with Gasteiger partial charge in [-0.25, -0.2) is 4.57 Å². The molecule has 6 N–H and O–H groups in total. The predicted molar refractivity (Wildman–Crippen MR) is 198 cm³/mol. The van der Waals surface area contributed by atoms with Crippen LogP contribution in [-0.4, -0.2) is 98.3 Å². The zero-order chi connectivity index (χ0) is 38.6. The molecule has 0 aromatic carbocycles. The molecule has 1 fully saturated rings. The molecule has 0 aromatic rings. The fourth-order valence-corrected chi connectivity index (χ4v) is 6.76. The van der Waals surface area contributed by atoms with Gasteiger partial charge in [-0.1, -0.05) is 115 Å². The van der Waals surface area contributed by atoms with E-state index >= 15 is 0 Å². The molecule has 0 aromatic heterocycles. The maximum Gasteiger partial charge on any atom is 0.472 e. The van der Waals surface area contributed by atoms with E-state index in [1.54, 1.807) is 0 Å². The monoisotopic (exact) mass is 764 g/mol. The van der Waals surface area contributed by atoms with Gasteiger partial charge in [0.05, 0.1) is 6.61 Å². The Kier molecular flexibility index (Phi) is 27.6. The number of carbonyl (C=O) groups is 2. The number of unbranched alkanes of at least 4 members (excludes halogenated alkanes) is 15. The summed E-state index contributed by atoms with van der Waals surface area (Å²) in [5, 5.41) is 49.8. The Bertz CT molecular complexity index is 1020. The van der Waals surface area contributed by atoms with Gasteiger partial charge in [0.15, 0.2) is 6.10 Å². The lowest BCUT2D eigenvalue weighted by Crippen LogP contribution is -2.64. The van der Waals surface area contributed by atoms with Gasteiger partial charge < -0.3 is 39.9 Å². The Labute approximate surface area is 311 Å². The summed E-state index contributed by atoms with van der Waals surface area (Å²) in [4.78, 5) is 35.3. The summed E-state index contributed by atoms with van der Waals surface area (Å²) in [6.07, 6.45) is 15.8. The van der Waals surface area contributed by atoms with E-state index in [-0.39, 0.29) is 12.8 Å². The number of aliphatic hydroxyl groups excluding tert-OH is 5. The molecule has 0 bridgehead atoms. The second-order valence-corrected chi connectivity index (χ2v) is 15.2. The first kappa shape index (κ1) is 48.3. The van der Waals surface area contributed by atoms with Gasteiger partial charge in [-0.15, -0.1) is 0 Å². The van der Waals surface area contributed by atoms with Crippen molar-refractivity contribution in [3.8, 4) is 0 Å². The minimum atomic E-state index is -5.10. The third-order valence-electron chi connectivity index (χ3n) is 9.05. The normalized spacial score (nSPS) is 23.9. The van der Waals surface area contributed by atoms with E-state index in [1.165, 1.54) is 19.3 Å². The molecular weight excluding hydrogens is 695 g/mol. The van der Waals surface area contributed by atoms with Crippen molar-refractivity contribution in [2.75, 3.05) is 13.2 Å². The van der Waals surface area contributed by atoms with Crippen LogP contribution in [0.3, 0.4) is 0 Å². The van der Waals surface area contributed by atoms with Crippen molar-refractivity contribution < 1.29 is 63.1 Å². The van der Waals surface area contributed by atoms with Gasteiger partial charge in [0.1, 0.15) is 43.2 Å². The van der Waals surface area contributed by atoms with Crippen molar-refractivity contribution >= 4 is 19.8 Å². The number of hydrogen-bond donors (Lipinski definition) is 6. The first-order chi connectivity index (χ1) is 24.9. The van der Waals surface area contributed by atoms with Crippen LogP contribution >= 0.6 is 7.82 Å². The molecule has 52 heavy (non-hydrogen) atoms. The number of ether oxygens (including phenoxy) is 2. The standard InChI is InChI=1S/C38H69O13P/c1-3-5-7-9-11-12-13-14-15-16-17-18-19-20-21-23-25-27-32(40)50-30(28-48-31(39)26-24-22-10-8-6-4-2)29-49-52(46,47)51-38-36(44)34(42)33(41)35(43)37(38)45/h11-12,14-15,30,33-38,41-45H,3-10,13,16-29H2,1-2H3,(H,46,47)/b12-11-,15-14-. The molecule has 0 heterocycles. The lowest BCUT2D eigenvalue weighted by Gasteiger charge is -2.41. The first-order valence-corrected chi connectivity index (χ1v) is 21.1. The third-order valence-corrected chi connectivity index (χ3v) is 10.0. The van der Waals surface area contributed by atoms with Gasteiger partial charge in [0.25, 0.3) is 0 Å². The summed E-state index contributed by atoms with van der Waals surface area (Å²) >= 11 is 0. The van der Waals surface area contributed by atoms with Crippen LogP contribution in [0.1, 0.15) is 149 Å². The maximum absolute atomic E-state index is 12.7. The van der Waals surface area contributed by atoms with Crippen LogP contribution < -0.4 is 0 Å². The van der Waals surface area contributed by atoms with Crippen LogP contribution in [0.15, 0.2) is 24.3 Å². The van der Waals surface area contributed by atoms with Gasteiger partial charge in [-0.2, -0.15) is 0 Å². The van der Waals surface area contributed by atoms with Crippen molar-refractivity contribution in [2.24, 2.45) is 0 Å². The number of phosphoric ester groups is 1. The van der Waals surface area contributed by atoms with E-state index in [1.807, 2.05) is 0 Å². The molecule has 1 aliphatic rings. The first-order valence-electron chi connectivity index (χ1n) is 19.6. The summed E-state index contributed by atoms with van der Waals surface area (Å²) in [7, 11) is -5.10. The van der Waals surface area contributed by atoms with Crippen molar-refractivity contribution in [2.45, 2.75) is 191 Å². The number of esters is 2. The quantitative estimate of drug-likeness (QED) is 0.0204. The molecule has 14 heteroatoms. The number of hydrogen-bond acceptors (Lipinski definition) is 12. The highest BCUT2D eigenvalue weighted by Crippen LogP contribution is 2.47. The number of rotatable bonds is 31. The molecule has 1 saturated carbocycles. The fourth-order valence-electron chi connectivity index (χ4n) is 5.79. The summed E-state index contributed by atoms with van der Waals surface area (Å²) in [5.41, 5.74) is 0. The molecule has 13 nitrogen and oxygen atoms in total. The number of aliphatic hydroxyl groups is 5. The van der Waals surface area contributed by atoms with Crippen molar-refractivity contribution in [3.63, 3.8) is 0 Å². The molecule has 304 valence electrons. The van der Waals surface area contributed by atoms with Crippen LogP contribution in [0.25, 0.3) is 0 Å². The van der Waals surface area contributed by atoms with Gasteiger partial charge >= 0.3 is 19.8 Å². The molecule has 1 aliphatic carbocycles. The molecule has 0 amide bonds. The van der Waals surface area contributed by atoms with Crippen LogP contribution in [0.5, 0.6) is 0 Å². The van der Waals surface area contributed by atoms with E-state index in [2.05, 4.69) is 38.2 Å². The van der Waals surface area contributed by atoms with E-state index in [4.69, 9.17) is 18.5 Å². The Morgan fingerprint density at radius 2 is 1.04 bits per heavy atom. The topological polar surface area (TPSA) is 210 Å². The average Bonchev–Trinajstić information content (AvgIpc) is 3.12. The Morgan fingerprint density at radius 3 is 1.60 bits per heavy atom. The van der Waals surface area contributed by atoms with E-state index in [9.17, 15) is 44.6 Å². The van der Waals surface area contributed by atoms with Crippen molar-refractivity contribution in [1.29, 1.82) is 0 Å². The van der Waals surface area contributed by atoms with Gasteiger partial charge in [-0.3, -0.25) is 18.6 Å². The van der Waals surface area contributed by atoms with Gasteiger partial charge in [0.2, 0.25) is 0 Å². The average molecular weight is 765 g/mol. The largest absolute Gasteiger partial charge is 0.472 e. The summed E-state index contributed by atoms with van der Waals surface area (Å²) < 4.78 is 33.2. The number of phosphoric acid groups is 1. The minimum absolute atomic E-state index is 0.0892. The second kappa shape index (κ2) is 29.7. The van der Waals surface area contributed by atoms with Crippen LogP contribution in [0, 0.1) is 0 Å². The molecule has 0 spiro atoms. The number of allylic oxidation sites excluding steroid dienone is 4. The SMILES string of the molecule is CCCCC/C=C\C/C=C\CCCCCCCCCC(=O)OC(COC(=O)CCCCCCCC)COP(=O)(O)OC1C(O)C(O)C(O)C(O)C1O. The molecule has 0 saturated heterocycles. The Balaban J connectivity index is 2.48. The van der Waals surface area contributed by atoms with E-state index in [0.29, 0.717) is 12.8 Å². The fraction of sp³-hybridized carbons (Fsp3) is 0.842. The molecule has 1 rings (SSSR count). The van der Waals surface area contributed by atoms with Gasteiger partial charge in [-0.05, 0) is 44.9 Å². The lowest BCUT2D eigenvalue weighted by molar-refractivity contribution is -0.220. The molecule has 6 atom stereocenters. The predicted octanol–water partition coefficient (Wildman–Crippen LogP) is 6.11. The molecular formula is C38H69O13P. The molecule has 0 aliphatic heterocycles. The highest BCUT2D eigenvalue weighted by atomic mass is 31.2. The molecule has 6 unspecified atom stereocenters. The van der Waals surface area contributed by atoms with Crippen LogP contribution in [-0.2, 0) is 32.7 Å². The van der Waals surface area contributed by atoms with Crippen molar-refractivity contribution in [3.05, 3.63) is 24.3 Å². The van der Waals surface area contributed by atoms with Gasteiger partial charge in [0, 0.05) is 12.8 Å². The highest BCUT2D eigenvalue weighted by molar-refractivity contribution is 7.47. The third kappa shape index (κ3) is 22.5. The second-order valence-electron chi connectivity index (χ2n) is 13.8. The highest BCUT2D eigenvalue weighted by Gasteiger charge is 2.51. The zero-order valence-corrected chi connectivity index (χ0v) is 32.5. The lowest BCUT2D eigenvalue weighted by atomic mass is 9.85. The van der Waals surface area contributed by atoms with Crippen LogP contribution in [0.4, 0.5) is 0 Å². The van der Waals surface area contributed by atoms with Crippen LogP contribution in [0.2, 0.25) is 0 Å². The smallest absolute Gasteiger partial charge is 0.462 e.